The van der Waals surface area contributed by atoms with E-state index >= 15 is 0 Å². The van der Waals surface area contributed by atoms with E-state index in [-0.39, 0.29) is 0 Å². The average molecular weight is 329 g/mol. The lowest BCUT2D eigenvalue weighted by Gasteiger charge is -2.20. The van der Waals surface area contributed by atoms with Crippen molar-refractivity contribution in [2.75, 3.05) is 39.1 Å². The Labute approximate surface area is 141 Å². The minimum atomic E-state index is 0.951. The molecule has 0 N–H and O–H groups in total. The van der Waals surface area contributed by atoms with Crippen LogP contribution in [0.1, 0.15) is 11.4 Å². The van der Waals surface area contributed by atoms with Crippen molar-refractivity contribution in [3.8, 4) is 5.13 Å². The number of fused-ring (bicyclic) bond motifs is 1. The first kappa shape index (κ1) is 16.0. The fourth-order valence-corrected chi connectivity index (χ4v) is 3.59. The van der Waals surface area contributed by atoms with Crippen molar-refractivity contribution in [3.63, 3.8) is 0 Å². The molecule has 0 spiro atoms. The molecule has 0 saturated heterocycles. The molecule has 0 bridgehead atoms. The molecule has 0 amide bonds. The molecule has 6 heteroatoms. The molecule has 0 saturated carbocycles. The smallest absolute Gasteiger partial charge is 0.196 e. The van der Waals surface area contributed by atoms with E-state index in [0.29, 0.717) is 0 Å². The van der Waals surface area contributed by atoms with Gasteiger partial charge in [0.2, 0.25) is 0 Å². The molecular formula is C17H23N5S. The van der Waals surface area contributed by atoms with Gasteiger partial charge in [0, 0.05) is 31.5 Å². The summed E-state index contributed by atoms with van der Waals surface area (Å²) >= 11 is 1.64. The van der Waals surface area contributed by atoms with Crippen LogP contribution in [0.4, 0.5) is 5.82 Å². The van der Waals surface area contributed by atoms with Crippen LogP contribution in [-0.2, 0) is 0 Å². The Hall–Kier alpha value is -1.92. The van der Waals surface area contributed by atoms with Crippen LogP contribution in [0.15, 0.2) is 24.3 Å². The van der Waals surface area contributed by atoms with Crippen molar-refractivity contribution in [3.05, 3.63) is 35.7 Å². The Morgan fingerprint density at radius 1 is 0.957 bits per heavy atom. The molecule has 0 radical (unpaired) electrons. The van der Waals surface area contributed by atoms with Crippen LogP contribution < -0.4 is 4.90 Å². The molecule has 3 aromatic heterocycles. The van der Waals surface area contributed by atoms with Crippen LogP contribution in [-0.4, -0.2) is 53.7 Å². The highest BCUT2D eigenvalue weighted by Crippen LogP contribution is 2.27. The van der Waals surface area contributed by atoms with Crippen molar-refractivity contribution in [2.45, 2.75) is 13.8 Å². The third-order valence-electron chi connectivity index (χ3n) is 3.97. The lowest BCUT2D eigenvalue weighted by molar-refractivity contribution is 0.416. The van der Waals surface area contributed by atoms with Crippen LogP contribution in [0.25, 0.3) is 15.5 Å². The van der Waals surface area contributed by atoms with Gasteiger partial charge in [0.15, 0.2) is 5.13 Å². The summed E-state index contributed by atoms with van der Waals surface area (Å²) in [6.45, 7) is 6.17. The van der Waals surface area contributed by atoms with Gasteiger partial charge in [-0.25, -0.2) is 9.97 Å². The zero-order chi connectivity index (χ0) is 16.6. The second-order valence-electron chi connectivity index (χ2n) is 6.17. The largest absolute Gasteiger partial charge is 0.358 e. The van der Waals surface area contributed by atoms with E-state index in [1.807, 2.05) is 0 Å². The van der Waals surface area contributed by atoms with Crippen LogP contribution in [0.5, 0.6) is 0 Å². The molecule has 3 heterocycles. The molecule has 0 aliphatic heterocycles. The van der Waals surface area contributed by atoms with Gasteiger partial charge in [-0.1, -0.05) is 11.3 Å². The highest BCUT2D eigenvalue weighted by molar-refractivity contribution is 7.20. The molecule has 0 aromatic carbocycles. The topological polar surface area (TPSA) is 37.2 Å². The van der Waals surface area contributed by atoms with E-state index in [4.69, 9.17) is 9.97 Å². The van der Waals surface area contributed by atoms with Crippen LogP contribution in [0, 0.1) is 13.8 Å². The lowest BCUT2D eigenvalue weighted by Crippen LogP contribution is -2.28. The molecule has 0 aliphatic rings. The van der Waals surface area contributed by atoms with Gasteiger partial charge in [-0.3, -0.25) is 4.57 Å². The van der Waals surface area contributed by atoms with E-state index < -0.39 is 0 Å². The highest BCUT2D eigenvalue weighted by Gasteiger charge is 2.12. The summed E-state index contributed by atoms with van der Waals surface area (Å²) in [6, 6.07) is 8.36. The summed E-state index contributed by atoms with van der Waals surface area (Å²) in [5, 5.41) is 0.987. The second kappa shape index (κ2) is 6.29. The van der Waals surface area contributed by atoms with Gasteiger partial charge in [0.25, 0.3) is 0 Å². The molecule has 122 valence electrons. The van der Waals surface area contributed by atoms with Crippen LogP contribution in [0.3, 0.4) is 0 Å². The maximum absolute atomic E-state index is 4.79. The normalized spacial score (nSPS) is 11.6. The van der Waals surface area contributed by atoms with E-state index in [1.54, 1.807) is 11.3 Å². The van der Waals surface area contributed by atoms with Gasteiger partial charge in [-0.05, 0) is 52.2 Å². The van der Waals surface area contributed by atoms with E-state index in [9.17, 15) is 0 Å². The molecule has 0 atom stereocenters. The molecule has 3 rings (SSSR count). The zero-order valence-corrected chi connectivity index (χ0v) is 15.2. The Balaban J connectivity index is 1.92. The van der Waals surface area contributed by atoms with E-state index in [2.05, 4.69) is 73.6 Å². The first-order valence-electron chi connectivity index (χ1n) is 7.74. The number of aromatic nitrogens is 3. The summed E-state index contributed by atoms with van der Waals surface area (Å²) in [5.41, 5.74) is 3.36. The van der Waals surface area contributed by atoms with E-state index in [1.165, 1.54) is 11.4 Å². The number of rotatable bonds is 5. The van der Waals surface area contributed by atoms with Gasteiger partial charge < -0.3 is 9.80 Å². The van der Waals surface area contributed by atoms with Gasteiger partial charge in [-0.15, -0.1) is 0 Å². The SMILES string of the molecule is Cc1ccc(C)n1-c1nc2ccc(N(C)CCN(C)C)nc2s1. The fourth-order valence-electron chi connectivity index (χ4n) is 2.54. The molecule has 0 aliphatic carbocycles. The third-order valence-corrected chi connectivity index (χ3v) is 4.92. The minimum absolute atomic E-state index is 0.951. The Kier molecular flexibility index (Phi) is 4.37. The van der Waals surface area contributed by atoms with Crippen molar-refractivity contribution in [1.29, 1.82) is 0 Å². The summed E-state index contributed by atoms with van der Waals surface area (Å²) in [6.07, 6.45) is 0. The number of thiazole rings is 1. The number of hydrogen-bond acceptors (Lipinski definition) is 5. The maximum atomic E-state index is 4.79. The first-order valence-corrected chi connectivity index (χ1v) is 8.56. The molecule has 0 unspecified atom stereocenters. The minimum Gasteiger partial charge on any atom is -0.358 e. The van der Waals surface area contributed by atoms with E-state index in [0.717, 1.165) is 34.4 Å². The van der Waals surface area contributed by atoms with Crippen molar-refractivity contribution in [2.24, 2.45) is 0 Å². The molecule has 5 nitrogen and oxygen atoms in total. The van der Waals surface area contributed by atoms with Gasteiger partial charge >= 0.3 is 0 Å². The number of pyridine rings is 1. The monoisotopic (exact) mass is 329 g/mol. The standard InChI is InChI=1S/C17H23N5S/c1-12-6-7-13(2)22(12)17-18-14-8-9-15(19-16(14)23-17)21(5)11-10-20(3)4/h6-9H,10-11H2,1-5H3. The van der Waals surface area contributed by atoms with Gasteiger partial charge in [0.1, 0.15) is 16.2 Å². The predicted molar refractivity (Wildman–Crippen MR) is 98.0 cm³/mol. The maximum Gasteiger partial charge on any atom is 0.196 e. The summed E-state index contributed by atoms with van der Waals surface area (Å²) in [7, 11) is 6.25. The second-order valence-corrected chi connectivity index (χ2v) is 7.12. The summed E-state index contributed by atoms with van der Waals surface area (Å²) in [5.74, 6) is 0.996. The van der Waals surface area contributed by atoms with Crippen LogP contribution in [0.2, 0.25) is 0 Å². The number of nitrogens with zero attached hydrogens (tertiary/aromatic N) is 5. The third kappa shape index (κ3) is 3.23. The summed E-state index contributed by atoms with van der Waals surface area (Å²) < 4.78 is 2.18. The average Bonchev–Trinajstić information content (AvgIpc) is 3.06. The Morgan fingerprint density at radius 3 is 2.30 bits per heavy atom. The highest BCUT2D eigenvalue weighted by atomic mass is 32.1. The Morgan fingerprint density at radius 2 is 1.65 bits per heavy atom. The fraction of sp³-hybridized carbons (Fsp3) is 0.412. The predicted octanol–water partition coefficient (Wildman–Crippen LogP) is 3.10. The number of aryl methyl sites for hydroxylation is 2. The quantitative estimate of drug-likeness (QED) is 0.721. The van der Waals surface area contributed by atoms with Crippen molar-refractivity contribution in [1.82, 2.24) is 19.4 Å². The number of hydrogen-bond donors (Lipinski definition) is 0. The summed E-state index contributed by atoms with van der Waals surface area (Å²) in [4.78, 5) is 14.9. The number of anilines is 1. The molecular weight excluding hydrogens is 306 g/mol. The molecule has 23 heavy (non-hydrogen) atoms. The van der Waals surface area contributed by atoms with Crippen molar-refractivity contribution >= 4 is 27.5 Å². The molecule has 3 aromatic rings. The van der Waals surface area contributed by atoms with Gasteiger partial charge in [-0.2, -0.15) is 0 Å². The zero-order valence-electron chi connectivity index (χ0n) is 14.4. The lowest BCUT2D eigenvalue weighted by atomic mass is 10.4. The van der Waals surface area contributed by atoms with Crippen LogP contribution >= 0.6 is 11.3 Å². The first-order chi connectivity index (χ1) is 11.0. The molecule has 0 fully saturated rings. The van der Waals surface area contributed by atoms with Gasteiger partial charge in [0.05, 0.1) is 0 Å². The van der Waals surface area contributed by atoms with Crippen molar-refractivity contribution < 1.29 is 0 Å². The number of likely N-dealkylation sites (N-methyl/N-ethyl adjacent to an activating group) is 2. The Bertz CT molecular complexity index is 798.